The Morgan fingerprint density at radius 1 is 1.20 bits per heavy atom. The highest BCUT2D eigenvalue weighted by Crippen LogP contribution is 2.41. The van der Waals surface area contributed by atoms with Gasteiger partial charge in [0.05, 0.1) is 5.56 Å². The van der Waals surface area contributed by atoms with Gasteiger partial charge in [0.25, 0.3) is 0 Å². The quantitative estimate of drug-likeness (QED) is 0.629. The van der Waals surface area contributed by atoms with Gasteiger partial charge < -0.3 is 4.90 Å². The molecule has 0 N–H and O–H groups in total. The number of nitrogens with zero attached hydrogens (tertiary/aromatic N) is 1. The van der Waals surface area contributed by atoms with Crippen LogP contribution in [0.25, 0.3) is 0 Å². The van der Waals surface area contributed by atoms with Crippen LogP contribution in [0.15, 0.2) is 59.6 Å². The van der Waals surface area contributed by atoms with Gasteiger partial charge in [-0.15, -0.1) is 0 Å². The molecular formula is C19H15BrF3NO. The molecule has 0 aromatic heterocycles. The predicted octanol–water partition coefficient (Wildman–Crippen LogP) is 5.13. The number of halogens is 4. The molecule has 25 heavy (non-hydrogen) atoms. The Morgan fingerprint density at radius 2 is 1.92 bits per heavy atom. The number of hydrogen-bond acceptors (Lipinski definition) is 1. The molecule has 1 aliphatic rings. The summed E-state index contributed by atoms with van der Waals surface area (Å²) in [5.74, 6) is -0.842. The van der Waals surface area contributed by atoms with Crippen molar-refractivity contribution in [3.05, 3.63) is 81.8 Å². The molecule has 1 amide bonds. The van der Waals surface area contributed by atoms with E-state index in [9.17, 15) is 18.0 Å². The van der Waals surface area contributed by atoms with E-state index >= 15 is 0 Å². The molecule has 3 rings (SSSR count). The average Bonchev–Trinajstić information content (AvgIpc) is 2.59. The lowest BCUT2D eigenvalue weighted by Crippen LogP contribution is -2.38. The van der Waals surface area contributed by atoms with Crippen LogP contribution in [0.3, 0.4) is 0 Å². The molecule has 130 valence electrons. The summed E-state index contributed by atoms with van der Waals surface area (Å²) >= 11 is 3.39. The lowest BCUT2D eigenvalue weighted by Gasteiger charge is -2.35. The summed E-state index contributed by atoms with van der Waals surface area (Å²) in [7, 11) is 0. The molecular weight excluding hydrogens is 395 g/mol. The zero-order valence-corrected chi connectivity index (χ0v) is 14.8. The van der Waals surface area contributed by atoms with Gasteiger partial charge in [-0.1, -0.05) is 46.8 Å². The van der Waals surface area contributed by atoms with E-state index in [0.29, 0.717) is 6.54 Å². The van der Waals surface area contributed by atoms with E-state index < -0.39 is 17.7 Å². The first-order valence-electron chi connectivity index (χ1n) is 7.67. The van der Waals surface area contributed by atoms with E-state index in [1.54, 1.807) is 6.07 Å². The van der Waals surface area contributed by atoms with Crippen molar-refractivity contribution in [3.8, 4) is 0 Å². The van der Waals surface area contributed by atoms with Crippen molar-refractivity contribution in [1.82, 2.24) is 4.90 Å². The summed E-state index contributed by atoms with van der Waals surface area (Å²) in [5, 5.41) is 0. The SMILES string of the molecule is C=CC(=O)N1Cc2ccc(Br)cc2[C@@H](c2ccccc2C(F)(F)F)C1. The molecule has 0 saturated heterocycles. The van der Waals surface area contributed by atoms with Crippen LogP contribution in [-0.2, 0) is 17.5 Å². The standard InChI is InChI=1S/C19H15BrF3NO/c1-2-18(25)24-10-12-7-8-13(20)9-15(12)16(11-24)14-5-3-4-6-17(14)19(21,22)23/h2-9,16H,1,10-11H2/t16-/m1/s1. The Bertz CT molecular complexity index is 832. The highest BCUT2D eigenvalue weighted by atomic mass is 79.9. The molecule has 0 saturated carbocycles. The van der Waals surface area contributed by atoms with E-state index in [1.807, 2.05) is 18.2 Å². The molecule has 0 fully saturated rings. The molecule has 2 aromatic carbocycles. The highest BCUT2D eigenvalue weighted by molar-refractivity contribution is 9.10. The number of rotatable bonds is 2. The lowest BCUT2D eigenvalue weighted by molar-refractivity contribution is -0.138. The summed E-state index contributed by atoms with van der Waals surface area (Å²) in [4.78, 5) is 13.6. The fraction of sp³-hybridized carbons (Fsp3) is 0.211. The fourth-order valence-corrected chi connectivity index (χ4v) is 3.62. The molecule has 0 bridgehead atoms. The summed E-state index contributed by atoms with van der Waals surface area (Å²) in [6.07, 6.45) is -3.26. The molecule has 2 aromatic rings. The first-order valence-corrected chi connectivity index (χ1v) is 8.46. The highest BCUT2D eigenvalue weighted by Gasteiger charge is 2.37. The smallest absolute Gasteiger partial charge is 0.334 e. The minimum atomic E-state index is -4.45. The van der Waals surface area contributed by atoms with Crippen LogP contribution in [0, 0.1) is 0 Å². The van der Waals surface area contributed by atoms with Crippen molar-refractivity contribution in [2.75, 3.05) is 6.54 Å². The summed E-state index contributed by atoms with van der Waals surface area (Å²) in [5.41, 5.74) is 1.15. The van der Waals surface area contributed by atoms with Crippen LogP contribution in [0.4, 0.5) is 13.2 Å². The van der Waals surface area contributed by atoms with Gasteiger partial charge in [0.1, 0.15) is 0 Å². The molecule has 1 heterocycles. The van der Waals surface area contributed by atoms with Crippen molar-refractivity contribution in [1.29, 1.82) is 0 Å². The molecule has 0 unspecified atom stereocenters. The fourth-order valence-electron chi connectivity index (χ4n) is 3.24. The number of amides is 1. The number of benzene rings is 2. The van der Waals surface area contributed by atoms with Gasteiger partial charge in [-0.05, 0) is 41.0 Å². The summed E-state index contributed by atoms with van der Waals surface area (Å²) < 4.78 is 41.2. The van der Waals surface area contributed by atoms with Crippen LogP contribution in [0.1, 0.15) is 28.2 Å². The van der Waals surface area contributed by atoms with Crippen molar-refractivity contribution in [3.63, 3.8) is 0 Å². The molecule has 6 heteroatoms. The molecule has 1 aliphatic heterocycles. The minimum absolute atomic E-state index is 0.177. The van der Waals surface area contributed by atoms with Gasteiger partial charge in [-0.3, -0.25) is 4.79 Å². The van der Waals surface area contributed by atoms with E-state index in [-0.39, 0.29) is 18.0 Å². The topological polar surface area (TPSA) is 20.3 Å². The molecule has 2 nitrogen and oxygen atoms in total. The Kier molecular flexibility index (Phi) is 4.73. The van der Waals surface area contributed by atoms with Gasteiger partial charge in [-0.2, -0.15) is 13.2 Å². The van der Waals surface area contributed by atoms with Crippen LogP contribution in [0.2, 0.25) is 0 Å². The molecule has 1 atom stereocenters. The lowest BCUT2D eigenvalue weighted by atomic mass is 9.82. The first-order chi connectivity index (χ1) is 11.8. The molecule has 0 spiro atoms. The second-order valence-electron chi connectivity index (χ2n) is 5.90. The van der Waals surface area contributed by atoms with Crippen molar-refractivity contribution in [2.45, 2.75) is 18.6 Å². The third kappa shape index (κ3) is 3.49. The van der Waals surface area contributed by atoms with E-state index in [0.717, 1.165) is 21.7 Å². The zero-order valence-electron chi connectivity index (χ0n) is 13.2. The van der Waals surface area contributed by atoms with Crippen molar-refractivity contribution < 1.29 is 18.0 Å². The van der Waals surface area contributed by atoms with E-state index in [2.05, 4.69) is 22.5 Å². The maximum atomic E-state index is 13.5. The summed E-state index contributed by atoms with van der Waals surface area (Å²) in [6.45, 7) is 4.02. The third-order valence-electron chi connectivity index (χ3n) is 4.38. The number of hydrogen-bond donors (Lipinski definition) is 0. The molecule has 0 radical (unpaired) electrons. The Labute approximate surface area is 152 Å². The molecule has 0 aliphatic carbocycles. The van der Waals surface area contributed by atoms with E-state index in [4.69, 9.17) is 0 Å². The number of fused-ring (bicyclic) bond motifs is 1. The Hall–Kier alpha value is -2.08. The second-order valence-corrected chi connectivity index (χ2v) is 6.82. The maximum Gasteiger partial charge on any atom is 0.416 e. The zero-order chi connectivity index (χ0) is 18.2. The first kappa shape index (κ1) is 17.7. The van der Waals surface area contributed by atoms with Crippen LogP contribution < -0.4 is 0 Å². The number of carbonyl (C=O) groups excluding carboxylic acids is 1. The third-order valence-corrected chi connectivity index (χ3v) is 4.87. The van der Waals surface area contributed by atoms with Gasteiger partial charge in [0.15, 0.2) is 0 Å². The van der Waals surface area contributed by atoms with Gasteiger partial charge in [0, 0.05) is 23.5 Å². The largest absolute Gasteiger partial charge is 0.416 e. The van der Waals surface area contributed by atoms with Gasteiger partial charge in [-0.25, -0.2) is 0 Å². The number of carbonyl (C=O) groups is 1. The maximum absolute atomic E-state index is 13.5. The minimum Gasteiger partial charge on any atom is -0.334 e. The van der Waals surface area contributed by atoms with Gasteiger partial charge in [0.2, 0.25) is 5.91 Å². The Morgan fingerprint density at radius 3 is 2.60 bits per heavy atom. The van der Waals surface area contributed by atoms with Gasteiger partial charge >= 0.3 is 6.18 Å². The van der Waals surface area contributed by atoms with Crippen LogP contribution in [0.5, 0.6) is 0 Å². The van der Waals surface area contributed by atoms with E-state index in [1.165, 1.54) is 23.1 Å². The Balaban J connectivity index is 2.16. The normalized spacial score (nSPS) is 17.1. The second kappa shape index (κ2) is 6.67. The predicted molar refractivity (Wildman–Crippen MR) is 93.0 cm³/mol. The van der Waals surface area contributed by atoms with Crippen LogP contribution in [-0.4, -0.2) is 17.4 Å². The number of alkyl halides is 3. The van der Waals surface area contributed by atoms with Crippen LogP contribution >= 0.6 is 15.9 Å². The van der Waals surface area contributed by atoms with Crippen molar-refractivity contribution >= 4 is 21.8 Å². The summed E-state index contributed by atoms with van der Waals surface area (Å²) in [6, 6.07) is 11.0. The van der Waals surface area contributed by atoms with Crippen molar-refractivity contribution in [2.24, 2.45) is 0 Å². The monoisotopic (exact) mass is 409 g/mol. The average molecular weight is 410 g/mol.